The number of alkyl carbamates (subject to hydrolysis) is 1. The van der Waals surface area contributed by atoms with Crippen LogP contribution in [0, 0.1) is 13.8 Å². The largest absolute Gasteiger partial charge is 0.480 e. The fraction of sp³-hybridized carbons (Fsp3) is 0.593. The number of nitrogens with one attached hydrogen (secondary N) is 3. The number of anilines is 3. The monoisotopic (exact) mass is 591 g/mol. The minimum absolute atomic E-state index is 0. The first-order valence-electron chi connectivity index (χ1n) is 13.4. The molecule has 0 aromatic carbocycles. The predicted octanol–water partition coefficient (Wildman–Crippen LogP) is 2.50. The molecule has 1 saturated heterocycles. The van der Waals surface area contributed by atoms with Gasteiger partial charge in [0.1, 0.15) is 35.9 Å². The summed E-state index contributed by atoms with van der Waals surface area (Å²) in [7, 11) is -3.31. The molecular formula is C27H41N7O6S. The standard InChI is InChI=1S/C26H37N7O6S.CH4/c1-16-22(28-15-21(25(34)35)32-26(36)39-13-14-40(3,37)38)29-17(2)30-24(16)33-11-8-18(9-12-33)20-7-6-19-5-4-10-27-23(19)31-20;/h6-7,18,21H,4-5,8-15H2,1-3H3,(H,27,31)(H,32,36)(H,34,35)(H,28,29,30);1H4/t21-;/m0./s1. The fourth-order valence-corrected chi connectivity index (χ4v) is 5.31. The Hall–Kier alpha value is -3.68. The van der Waals surface area contributed by atoms with E-state index in [9.17, 15) is 23.1 Å². The number of hydrogen-bond donors (Lipinski definition) is 4. The first kappa shape index (κ1) is 31.8. The predicted molar refractivity (Wildman–Crippen MR) is 158 cm³/mol. The van der Waals surface area contributed by atoms with E-state index in [1.165, 1.54) is 5.56 Å². The van der Waals surface area contributed by atoms with E-state index in [2.05, 4.69) is 43.0 Å². The van der Waals surface area contributed by atoms with Crippen molar-refractivity contribution >= 4 is 39.4 Å². The molecule has 1 amide bonds. The Morgan fingerprint density at radius 2 is 1.93 bits per heavy atom. The number of amides is 1. The minimum atomic E-state index is -3.31. The molecule has 1 fully saturated rings. The number of carboxylic acid groups (broad SMARTS) is 1. The molecule has 2 aromatic heterocycles. The van der Waals surface area contributed by atoms with E-state index >= 15 is 0 Å². The zero-order chi connectivity index (χ0) is 28.9. The number of aliphatic carboxylic acids is 1. The molecule has 0 bridgehead atoms. The summed E-state index contributed by atoms with van der Waals surface area (Å²) in [6.07, 6.45) is 4.07. The van der Waals surface area contributed by atoms with Gasteiger partial charge in [0.25, 0.3) is 0 Å². The van der Waals surface area contributed by atoms with Gasteiger partial charge in [-0.25, -0.2) is 33.0 Å². The van der Waals surface area contributed by atoms with Crippen LogP contribution >= 0.6 is 0 Å². The van der Waals surface area contributed by atoms with Gasteiger partial charge < -0.3 is 30.7 Å². The number of piperidine rings is 1. The number of hydrogen-bond acceptors (Lipinski definition) is 11. The van der Waals surface area contributed by atoms with Crippen LogP contribution in [0.4, 0.5) is 22.2 Å². The molecule has 2 aliphatic rings. The molecule has 4 heterocycles. The zero-order valence-electron chi connectivity index (χ0n) is 23.1. The summed E-state index contributed by atoms with van der Waals surface area (Å²) in [6, 6.07) is 3.03. The average Bonchev–Trinajstić information content (AvgIpc) is 2.91. The normalized spacial score (nSPS) is 16.0. The number of aromatic nitrogens is 3. The van der Waals surface area contributed by atoms with E-state index < -0.39 is 27.9 Å². The molecule has 14 heteroatoms. The lowest BCUT2D eigenvalue weighted by Gasteiger charge is -2.34. The lowest BCUT2D eigenvalue weighted by atomic mass is 9.92. The third kappa shape index (κ3) is 8.65. The van der Waals surface area contributed by atoms with Crippen LogP contribution in [-0.2, 0) is 25.8 Å². The second-order valence-electron chi connectivity index (χ2n) is 10.3. The molecule has 13 nitrogen and oxygen atoms in total. The van der Waals surface area contributed by atoms with Crippen molar-refractivity contribution in [1.29, 1.82) is 0 Å². The lowest BCUT2D eigenvalue weighted by molar-refractivity contribution is -0.138. The second-order valence-corrected chi connectivity index (χ2v) is 12.5. The topological polar surface area (TPSA) is 176 Å². The quantitative estimate of drug-likeness (QED) is 0.318. The molecule has 1 atom stereocenters. The van der Waals surface area contributed by atoms with Gasteiger partial charge in [0.15, 0.2) is 9.84 Å². The van der Waals surface area contributed by atoms with Crippen LogP contribution in [0.3, 0.4) is 0 Å². The molecule has 0 unspecified atom stereocenters. The van der Waals surface area contributed by atoms with Crippen LogP contribution in [0.1, 0.15) is 55.3 Å². The van der Waals surface area contributed by atoms with Gasteiger partial charge in [-0.15, -0.1) is 0 Å². The van der Waals surface area contributed by atoms with Crippen LogP contribution in [0.25, 0.3) is 0 Å². The Labute approximate surface area is 241 Å². The summed E-state index contributed by atoms with van der Waals surface area (Å²) in [5.41, 5.74) is 3.18. The number of nitrogens with zero attached hydrogens (tertiary/aromatic N) is 4. The maximum absolute atomic E-state index is 12.0. The maximum atomic E-state index is 12.0. The number of sulfone groups is 1. The van der Waals surface area contributed by atoms with Crippen molar-refractivity contribution in [3.8, 4) is 0 Å². The summed E-state index contributed by atoms with van der Waals surface area (Å²) in [4.78, 5) is 39.9. The van der Waals surface area contributed by atoms with Crippen molar-refractivity contribution in [2.75, 3.05) is 60.3 Å². The Bertz CT molecular complexity index is 1350. The molecule has 0 radical (unpaired) electrons. The third-order valence-electron chi connectivity index (χ3n) is 7.11. The Morgan fingerprint density at radius 1 is 1.20 bits per heavy atom. The number of carbonyl (C=O) groups excluding carboxylic acids is 1. The number of carboxylic acids is 1. The first-order chi connectivity index (χ1) is 19.0. The van der Waals surface area contributed by atoms with Crippen molar-refractivity contribution < 1.29 is 27.9 Å². The molecule has 4 N–H and O–H groups in total. The molecule has 41 heavy (non-hydrogen) atoms. The second kappa shape index (κ2) is 13.8. The third-order valence-corrected chi connectivity index (χ3v) is 8.02. The van der Waals surface area contributed by atoms with Crippen LogP contribution < -0.4 is 20.9 Å². The average molecular weight is 592 g/mol. The van der Waals surface area contributed by atoms with Gasteiger partial charge in [-0.3, -0.25) is 0 Å². The highest BCUT2D eigenvalue weighted by Gasteiger charge is 2.26. The van der Waals surface area contributed by atoms with Gasteiger partial charge in [0.2, 0.25) is 0 Å². The van der Waals surface area contributed by atoms with Crippen molar-refractivity contribution in [3.63, 3.8) is 0 Å². The van der Waals surface area contributed by atoms with Gasteiger partial charge in [-0.1, -0.05) is 13.5 Å². The molecule has 0 saturated carbocycles. The minimum Gasteiger partial charge on any atom is -0.480 e. The molecule has 4 rings (SSSR count). The SMILES string of the molecule is C.Cc1nc(NC[C@H](NC(=O)OCCS(C)(=O)=O)C(=O)O)c(C)c(N2CCC(c3ccc4c(n3)NCCC4)CC2)n1. The van der Waals surface area contributed by atoms with Gasteiger partial charge in [-0.2, -0.15) is 0 Å². The smallest absolute Gasteiger partial charge is 0.407 e. The molecule has 2 aliphatic heterocycles. The summed E-state index contributed by atoms with van der Waals surface area (Å²) >= 11 is 0. The summed E-state index contributed by atoms with van der Waals surface area (Å²) in [5, 5.41) is 18.2. The van der Waals surface area contributed by atoms with E-state index in [4.69, 9.17) is 9.72 Å². The fourth-order valence-electron chi connectivity index (χ4n) is 4.92. The zero-order valence-corrected chi connectivity index (χ0v) is 23.9. The van der Waals surface area contributed by atoms with Gasteiger partial charge in [0.05, 0.1) is 5.75 Å². The number of ether oxygens (including phenoxy) is 1. The van der Waals surface area contributed by atoms with Crippen LogP contribution in [-0.4, -0.2) is 91.4 Å². The Balaban J connectivity index is 0.00000462. The van der Waals surface area contributed by atoms with Crippen molar-refractivity contribution in [1.82, 2.24) is 20.3 Å². The summed E-state index contributed by atoms with van der Waals surface area (Å²) in [6.45, 7) is 5.68. The lowest BCUT2D eigenvalue weighted by Crippen LogP contribution is -2.46. The van der Waals surface area contributed by atoms with Crippen LogP contribution in [0.5, 0.6) is 0 Å². The van der Waals surface area contributed by atoms with E-state index in [1.54, 1.807) is 6.92 Å². The van der Waals surface area contributed by atoms with E-state index in [0.717, 1.165) is 74.5 Å². The van der Waals surface area contributed by atoms with E-state index in [1.807, 2.05) is 6.92 Å². The summed E-state index contributed by atoms with van der Waals surface area (Å²) in [5.74, 6) is 1.55. The number of aryl methyl sites for hydroxylation is 2. The maximum Gasteiger partial charge on any atom is 0.407 e. The summed E-state index contributed by atoms with van der Waals surface area (Å²) < 4.78 is 27.2. The first-order valence-corrected chi connectivity index (χ1v) is 15.5. The number of rotatable bonds is 10. The number of fused-ring (bicyclic) bond motifs is 1. The van der Waals surface area contributed by atoms with Crippen LogP contribution in [0.15, 0.2) is 12.1 Å². The van der Waals surface area contributed by atoms with Crippen molar-refractivity contribution in [2.24, 2.45) is 0 Å². The van der Waals surface area contributed by atoms with Gasteiger partial charge in [-0.05, 0) is 51.2 Å². The Kier molecular flexibility index (Phi) is 10.7. The number of pyridine rings is 1. The highest BCUT2D eigenvalue weighted by molar-refractivity contribution is 7.90. The van der Waals surface area contributed by atoms with Gasteiger partial charge >= 0.3 is 12.1 Å². The highest BCUT2D eigenvalue weighted by atomic mass is 32.2. The van der Waals surface area contributed by atoms with Crippen molar-refractivity contribution in [2.45, 2.75) is 58.9 Å². The van der Waals surface area contributed by atoms with Gasteiger partial charge in [0, 0.05) is 49.6 Å². The van der Waals surface area contributed by atoms with Crippen LogP contribution in [0.2, 0.25) is 0 Å². The Morgan fingerprint density at radius 3 is 2.61 bits per heavy atom. The van der Waals surface area contributed by atoms with E-state index in [0.29, 0.717) is 17.6 Å². The molecular weight excluding hydrogens is 550 g/mol. The molecule has 2 aromatic rings. The number of carbonyl (C=O) groups is 2. The highest BCUT2D eigenvalue weighted by Crippen LogP contribution is 2.33. The van der Waals surface area contributed by atoms with Crippen molar-refractivity contribution in [3.05, 3.63) is 34.8 Å². The molecule has 0 spiro atoms. The molecule has 226 valence electrons. The van der Waals surface area contributed by atoms with E-state index in [-0.39, 0.29) is 26.3 Å². The molecule has 0 aliphatic carbocycles.